The minimum Gasteiger partial charge on any atom is -0.348 e. The van der Waals surface area contributed by atoms with Crippen molar-refractivity contribution in [3.8, 4) is 0 Å². The molecule has 1 aliphatic heterocycles. The van der Waals surface area contributed by atoms with Gasteiger partial charge in [-0.2, -0.15) is 5.10 Å². The molecule has 3 heterocycles. The Labute approximate surface area is 107 Å². The minimum atomic E-state index is 0.590. The molecule has 0 bridgehead atoms. The largest absolute Gasteiger partial charge is 0.348 e. The number of H-pyrrole nitrogens is 2. The molecule has 18 heavy (non-hydrogen) atoms. The number of hydrogen-bond donors (Lipinski definition) is 2. The fraction of sp³-hybridized carbons (Fsp3) is 0.538. The fourth-order valence-electron chi connectivity index (χ4n) is 2.74. The number of rotatable bonds is 3. The van der Waals surface area contributed by atoms with E-state index in [0.717, 1.165) is 25.3 Å². The summed E-state index contributed by atoms with van der Waals surface area (Å²) in [5.74, 6) is 0.590. The van der Waals surface area contributed by atoms with Crippen LogP contribution in [0.5, 0.6) is 0 Å². The molecule has 5 heteroatoms. The van der Waals surface area contributed by atoms with Gasteiger partial charge in [0.2, 0.25) is 0 Å². The molecular formula is C13H19N5. The Hall–Kier alpha value is -1.62. The van der Waals surface area contributed by atoms with Crippen LogP contribution in [0.25, 0.3) is 0 Å². The monoisotopic (exact) mass is 245 g/mol. The highest BCUT2D eigenvalue weighted by Crippen LogP contribution is 2.28. The Balaban J connectivity index is 1.66. The summed E-state index contributed by atoms with van der Waals surface area (Å²) < 4.78 is 0. The molecule has 0 aromatic carbocycles. The number of aromatic nitrogens is 4. The number of aromatic amines is 2. The summed E-state index contributed by atoms with van der Waals surface area (Å²) in [5.41, 5.74) is 4.92. The third kappa shape index (κ3) is 2.06. The van der Waals surface area contributed by atoms with Crippen LogP contribution in [-0.4, -0.2) is 38.2 Å². The molecule has 96 valence electrons. The zero-order valence-electron chi connectivity index (χ0n) is 10.9. The molecule has 0 amide bonds. The topological polar surface area (TPSA) is 60.6 Å². The number of likely N-dealkylation sites (tertiary alicyclic amines) is 1. The van der Waals surface area contributed by atoms with Crippen molar-refractivity contribution in [2.24, 2.45) is 0 Å². The Morgan fingerprint density at radius 1 is 1.44 bits per heavy atom. The first-order valence-corrected chi connectivity index (χ1v) is 6.45. The van der Waals surface area contributed by atoms with Crippen molar-refractivity contribution >= 4 is 0 Å². The molecule has 0 unspecified atom stereocenters. The number of nitrogens with one attached hydrogen (secondary N) is 2. The van der Waals surface area contributed by atoms with Crippen molar-refractivity contribution < 1.29 is 0 Å². The zero-order valence-corrected chi connectivity index (χ0v) is 10.9. The molecule has 3 rings (SSSR count). The minimum absolute atomic E-state index is 0.590. The average molecular weight is 245 g/mol. The molecule has 2 aromatic rings. The number of nitrogens with zero attached hydrogens (tertiary/aromatic N) is 3. The van der Waals surface area contributed by atoms with Gasteiger partial charge in [-0.1, -0.05) is 0 Å². The predicted molar refractivity (Wildman–Crippen MR) is 69.3 cm³/mol. The lowest BCUT2D eigenvalue weighted by Gasteiger charge is -2.15. The Bertz CT molecular complexity index is 527. The van der Waals surface area contributed by atoms with Gasteiger partial charge in [-0.3, -0.25) is 10.00 Å². The molecule has 0 spiro atoms. The van der Waals surface area contributed by atoms with Gasteiger partial charge in [0.05, 0.1) is 18.2 Å². The van der Waals surface area contributed by atoms with Crippen LogP contribution >= 0.6 is 0 Å². The van der Waals surface area contributed by atoms with Gasteiger partial charge in [-0.15, -0.1) is 0 Å². The third-order valence-electron chi connectivity index (χ3n) is 3.86. The van der Waals surface area contributed by atoms with E-state index in [9.17, 15) is 0 Å². The van der Waals surface area contributed by atoms with E-state index < -0.39 is 0 Å². The molecular weight excluding hydrogens is 226 g/mol. The summed E-state index contributed by atoms with van der Waals surface area (Å²) in [5, 5.41) is 7.26. The maximum absolute atomic E-state index is 4.37. The summed E-state index contributed by atoms with van der Waals surface area (Å²) in [6.45, 7) is 7.37. The summed E-state index contributed by atoms with van der Waals surface area (Å²) in [4.78, 5) is 9.97. The van der Waals surface area contributed by atoms with E-state index in [1.54, 1.807) is 6.33 Å². The highest BCUT2D eigenvalue weighted by atomic mass is 15.2. The number of imidazole rings is 1. The molecule has 1 atom stereocenters. The predicted octanol–water partition coefficient (Wildman–Crippen LogP) is 1.74. The van der Waals surface area contributed by atoms with Gasteiger partial charge in [0.1, 0.15) is 0 Å². The second kappa shape index (κ2) is 4.57. The van der Waals surface area contributed by atoms with E-state index in [0.29, 0.717) is 5.92 Å². The average Bonchev–Trinajstić information content (AvgIpc) is 3.03. The lowest BCUT2D eigenvalue weighted by atomic mass is 10.0. The van der Waals surface area contributed by atoms with Gasteiger partial charge in [-0.25, -0.2) is 4.98 Å². The third-order valence-corrected chi connectivity index (χ3v) is 3.86. The van der Waals surface area contributed by atoms with Crippen LogP contribution < -0.4 is 0 Å². The second-order valence-corrected chi connectivity index (χ2v) is 5.16. The molecule has 5 nitrogen and oxygen atoms in total. The maximum Gasteiger partial charge on any atom is 0.0925 e. The van der Waals surface area contributed by atoms with Crippen LogP contribution in [0.3, 0.4) is 0 Å². The van der Waals surface area contributed by atoms with Crippen molar-refractivity contribution in [3.05, 3.63) is 35.2 Å². The van der Waals surface area contributed by atoms with Crippen molar-refractivity contribution in [2.75, 3.05) is 13.1 Å². The van der Waals surface area contributed by atoms with E-state index in [-0.39, 0.29) is 0 Å². The molecule has 1 aliphatic rings. The van der Waals surface area contributed by atoms with Crippen molar-refractivity contribution in [2.45, 2.75) is 32.7 Å². The molecule has 1 saturated heterocycles. The number of hydrogen-bond acceptors (Lipinski definition) is 3. The summed E-state index contributed by atoms with van der Waals surface area (Å²) in [6, 6.07) is 0. The van der Waals surface area contributed by atoms with E-state index in [1.165, 1.54) is 23.4 Å². The summed E-state index contributed by atoms with van der Waals surface area (Å²) in [7, 11) is 0. The highest BCUT2D eigenvalue weighted by Gasteiger charge is 2.26. The van der Waals surface area contributed by atoms with Crippen molar-refractivity contribution in [1.82, 2.24) is 25.1 Å². The van der Waals surface area contributed by atoms with E-state index in [1.807, 2.05) is 6.20 Å². The molecule has 1 fully saturated rings. The fourth-order valence-corrected chi connectivity index (χ4v) is 2.74. The SMILES string of the molecule is Cc1cn[nH]c1[C@@H]1CCN(Cc2nc[nH]c2C)C1. The smallest absolute Gasteiger partial charge is 0.0925 e. The van der Waals surface area contributed by atoms with Crippen LogP contribution in [-0.2, 0) is 6.54 Å². The first-order valence-electron chi connectivity index (χ1n) is 6.45. The zero-order chi connectivity index (χ0) is 12.5. The van der Waals surface area contributed by atoms with E-state index >= 15 is 0 Å². The van der Waals surface area contributed by atoms with Gasteiger partial charge in [0.15, 0.2) is 0 Å². The lowest BCUT2D eigenvalue weighted by Crippen LogP contribution is -2.20. The molecule has 0 radical (unpaired) electrons. The van der Waals surface area contributed by atoms with Crippen LogP contribution in [0.4, 0.5) is 0 Å². The van der Waals surface area contributed by atoms with Gasteiger partial charge < -0.3 is 4.98 Å². The van der Waals surface area contributed by atoms with Crippen LogP contribution in [0.15, 0.2) is 12.5 Å². The van der Waals surface area contributed by atoms with Crippen molar-refractivity contribution in [1.29, 1.82) is 0 Å². The van der Waals surface area contributed by atoms with Gasteiger partial charge in [0, 0.05) is 30.4 Å². The standard InChI is InChI=1S/C13H19N5/c1-9-5-16-17-13(9)11-3-4-18(6-11)7-12-10(2)14-8-15-12/h5,8,11H,3-4,6-7H2,1-2H3,(H,14,15)(H,16,17)/t11-/m1/s1. The first-order chi connectivity index (χ1) is 8.74. The number of aryl methyl sites for hydroxylation is 2. The first kappa shape index (κ1) is 11.5. The van der Waals surface area contributed by atoms with Crippen LogP contribution in [0, 0.1) is 13.8 Å². The van der Waals surface area contributed by atoms with Crippen molar-refractivity contribution in [3.63, 3.8) is 0 Å². The Morgan fingerprint density at radius 2 is 2.33 bits per heavy atom. The maximum atomic E-state index is 4.37. The normalized spacial score (nSPS) is 20.7. The summed E-state index contributed by atoms with van der Waals surface area (Å²) in [6.07, 6.45) is 4.89. The van der Waals surface area contributed by atoms with E-state index in [2.05, 4.69) is 38.9 Å². The second-order valence-electron chi connectivity index (χ2n) is 5.16. The lowest BCUT2D eigenvalue weighted by molar-refractivity contribution is 0.322. The molecule has 0 saturated carbocycles. The van der Waals surface area contributed by atoms with Crippen LogP contribution in [0.1, 0.15) is 35.0 Å². The van der Waals surface area contributed by atoms with Crippen LogP contribution in [0.2, 0.25) is 0 Å². The Kier molecular flexibility index (Phi) is 2.91. The van der Waals surface area contributed by atoms with Gasteiger partial charge in [-0.05, 0) is 32.4 Å². The summed E-state index contributed by atoms with van der Waals surface area (Å²) >= 11 is 0. The Morgan fingerprint density at radius 3 is 3.00 bits per heavy atom. The molecule has 2 N–H and O–H groups in total. The van der Waals surface area contributed by atoms with E-state index in [4.69, 9.17) is 0 Å². The molecule has 2 aromatic heterocycles. The quantitative estimate of drug-likeness (QED) is 0.866. The molecule has 0 aliphatic carbocycles. The highest BCUT2D eigenvalue weighted by molar-refractivity contribution is 5.20. The van der Waals surface area contributed by atoms with Gasteiger partial charge in [0.25, 0.3) is 0 Å². The van der Waals surface area contributed by atoms with Gasteiger partial charge >= 0.3 is 0 Å².